The lowest BCUT2D eigenvalue weighted by Gasteiger charge is -2.16. The third-order valence-corrected chi connectivity index (χ3v) is 3.54. The molecule has 0 aromatic carbocycles. The molecule has 2 aliphatic rings. The van der Waals surface area contributed by atoms with Gasteiger partial charge in [-0.25, -0.2) is 4.79 Å². The molecule has 14 heavy (non-hydrogen) atoms. The third-order valence-electron chi connectivity index (χ3n) is 3.54. The molecule has 1 N–H and O–H groups in total. The monoisotopic (exact) mass is 192 g/mol. The summed E-state index contributed by atoms with van der Waals surface area (Å²) in [5.41, 5.74) is 1.83. The lowest BCUT2D eigenvalue weighted by Crippen LogP contribution is -2.09. The van der Waals surface area contributed by atoms with Crippen LogP contribution in [-0.2, 0) is 4.79 Å². The molecule has 0 spiro atoms. The van der Waals surface area contributed by atoms with E-state index in [4.69, 9.17) is 5.11 Å². The molecule has 2 rings (SSSR count). The normalized spacial score (nSPS) is 33.1. The SMILES string of the molecule is C=CCC(C(=O)O)=C1CC2CCC1C2. The highest BCUT2D eigenvalue weighted by atomic mass is 16.4. The van der Waals surface area contributed by atoms with Crippen LogP contribution in [0, 0.1) is 11.8 Å². The Bertz CT molecular complexity index is 301. The van der Waals surface area contributed by atoms with Gasteiger partial charge in [-0.05, 0) is 43.9 Å². The molecule has 0 aromatic heterocycles. The van der Waals surface area contributed by atoms with Gasteiger partial charge in [-0.3, -0.25) is 0 Å². The summed E-state index contributed by atoms with van der Waals surface area (Å²) in [6.45, 7) is 3.62. The van der Waals surface area contributed by atoms with Gasteiger partial charge in [0.15, 0.2) is 0 Å². The number of carboxylic acid groups (broad SMARTS) is 1. The van der Waals surface area contributed by atoms with Crippen molar-refractivity contribution < 1.29 is 9.90 Å². The highest BCUT2D eigenvalue weighted by Gasteiger charge is 2.37. The van der Waals surface area contributed by atoms with E-state index in [-0.39, 0.29) is 0 Å². The van der Waals surface area contributed by atoms with E-state index in [0.29, 0.717) is 17.9 Å². The number of rotatable bonds is 3. The molecule has 2 bridgehead atoms. The summed E-state index contributed by atoms with van der Waals surface area (Å²) in [7, 11) is 0. The van der Waals surface area contributed by atoms with Crippen LogP contribution in [0.15, 0.2) is 23.8 Å². The number of hydrogen-bond acceptors (Lipinski definition) is 1. The first kappa shape index (κ1) is 9.50. The van der Waals surface area contributed by atoms with Crippen LogP contribution in [0.25, 0.3) is 0 Å². The smallest absolute Gasteiger partial charge is 0.331 e. The van der Waals surface area contributed by atoms with Crippen molar-refractivity contribution in [2.45, 2.75) is 32.1 Å². The molecule has 2 fully saturated rings. The van der Waals surface area contributed by atoms with Crippen molar-refractivity contribution in [3.05, 3.63) is 23.8 Å². The molecule has 2 nitrogen and oxygen atoms in total. The third kappa shape index (κ3) is 1.49. The fourth-order valence-electron chi connectivity index (χ4n) is 2.92. The first-order valence-corrected chi connectivity index (χ1v) is 5.28. The molecule has 76 valence electrons. The van der Waals surface area contributed by atoms with Gasteiger partial charge in [0, 0.05) is 5.57 Å². The van der Waals surface area contributed by atoms with Crippen molar-refractivity contribution >= 4 is 5.97 Å². The van der Waals surface area contributed by atoms with Gasteiger partial charge in [0.05, 0.1) is 0 Å². The predicted octanol–water partition coefficient (Wildman–Crippen LogP) is 2.76. The second-order valence-electron chi connectivity index (χ2n) is 4.38. The van der Waals surface area contributed by atoms with Crippen LogP contribution in [0.3, 0.4) is 0 Å². The number of fused-ring (bicyclic) bond motifs is 2. The topological polar surface area (TPSA) is 37.3 Å². The predicted molar refractivity (Wildman–Crippen MR) is 54.9 cm³/mol. The summed E-state index contributed by atoms with van der Waals surface area (Å²) < 4.78 is 0. The summed E-state index contributed by atoms with van der Waals surface area (Å²) in [6.07, 6.45) is 6.98. The van der Waals surface area contributed by atoms with E-state index in [9.17, 15) is 4.79 Å². The van der Waals surface area contributed by atoms with Crippen molar-refractivity contribution in [2.24, 2.45) is 11.8 Å². The lowest BCUT2D eigenvalue weighted by molar-refractivity contribution is -0.132. The van der Waals surface area contributed by atoms with E-state index in [1.54, 1.807) is 6.08 Å². The highest BCUT2D eigenvalue weighted by Crippen LogP contribution is 2.49. The fraction of sp³-hybridized carbons (Fsp3) is 0.583. The van der Waals surface area contributed by atoms with Crippen LogP contribution in [0.4, 0.5) is 0 Å². The molecule has 0 aromatic rings. The molecule has 2 unspecified atom stereocenters. The molecule has 2 heteroatoms. The van der Waals surface area contributed by atoms with Crippen molar-refractivity contribution in [3.8, 4) is 0 Å². The van der Waals surface area contributed by atoms with E-state index in [1.165, 1.54) is 24.8 Å². The average Bonchev–Trinajstić information content (AvgIpc) is 2.74. The summed E-state index contributed by atoms with van der Waals surface area (Å²) in [4.78, 5) is 11.0. The van der Waals surface area contributed by atoms with Gasteiger partial charge in [-0.2, -0.15) is 0 Å². The van der Waals surface area contributed by atoms with E-state index in [2.05, 4.69) is 6.58 Å². The number of hydrogen-bond donors (Lipinski definition) is 1. The van der Waals surface area contributed by atoms with Crippen molar-refractivity contribution in [1.29, 1.82) is 0 Å². The van der Waals surface area contributed by atoms with Crippen molar-refractivity contribution in [1.82, 2.24) is 0 Å². The molecule has 0 heterocycles. The van der Waals surface area contributed by atoms with E-state index < -0.39 is 5.97 Å². The fourth-order valence-corrected chi connectivity index (χ4v) is 2.92. The summed E-state index contributed by atoms with van der Waals surface area (Å²) in [6, 6.07) is 0. The summed E-state index contributed by atoms with van der Waals surface area (Å²) >= 11 is 0. The Morgan fingerprint density at radius 3 is 2.79 bits per heavy atom. The van der Waals surface area contributed by atoms with Gasteiger partial charge in [0.25, 0.3) is 0 Å². The maximum absolute atomic E-state index is 11.0. The molecule has 0 amide bonds. The van der Waals surface area contributed by atoms with Crippen LogP contribution in [0.2, 0.25) is 0 Å². The maximum atomic E-state index is 11.0. The molecule has 2 atom stereocenters. The minimum Gasteiger partial charge on any atom is -0.478 e. The minimum absolute atomic E-state index is 0.522. The van der Waals surface area contributed by atoms with E-state index in [1.807, 2.05) is 0 Å². The molecule has 0 saturated heterocycles. The Kier molecular flexibility index (Phi) is 2.44. The van der Waals surface area contributed by atoms with E-state index in [0.717, 1.165) is 12.3 Å². The van der Waals surface area contributed by atoms with Gasteiger partial charge in [-0.1, -0.05) is 11.6 Å². The number of carbonyl (C=O) groups is 1. The van der Waals surface area contributed by atoms with Crippen LogP contribution >= 0.6 is 0 Å². The Labute approximate surface area is 84.3 Å². The first-order valence-electron chi connectivity index (χ1n) is 5.28. The largest absolute Gasteiger partial charge is 0.478 e. The Balaban J connectivity index is 2.27. The van der Waals surface area contributed by atoms with Gasteiger partial charge in [0.1, 0.15) is 0 Å². The number of aliphatic carboxylic acids is 1. The standard InChI is InChI=1S/C12H16O2/c1-2-3-10(12(13)14)11-7-8-4-5-9(11)6-8/h2,8-9H,1,3-7H2,(H,13,14). The molecular formula is C12H16O2. The molecule has 2 aliphatic carbocycles. The Morgan fingerprint density at radius 2 is 2.36 bits per heavy atom. The second-order valence-corrected chi connectivity index (χ2v) is 4.38. The number of allylic oxidation sites excluding steroid dienone is 2. The lowest BCUT2D eigenvalue weighted by atomic mass is 9.89. The summed E-state index contributed by atoms with van der Waals surface area (Å²) in [5, 5.41) is 9.09. The van der Waals surface area contributed by atoms with Crippen LogP contribution < -0.4 is 0 Å². The Morgan fingerprint density at radius 1 is 1.57 bits per heavy atom. The second kappa shape index (κ2) is 3.60. The van der Waals surface area contributed by atoms with Crippen LogP contribution in [-0.4, -0.2) is 11.1 Å². The first-order chi connectivity index (χ1) is 6.72. The van der Waals surface area contributed by atoms with Gasteiger partial charge in [-0.15, -0.1) is 6.58 Å². The average molecular weight is 192 g/mol. The zero-order valence-corrected chi connectivity index (χ0v) is 8.33. The molecular weight excluding hydrogens is 176 g/mol. The quantitative estimate of drug-likeness (QED) is 0.551. The highest BCUT2D eigenvalue weighted by molar-refractivity contribution is 5.88. The Hall–Kier alpha value is -1.05. The van der Waals surface area contributed by atoms with Gasteiger partial charge in [0.2, 0.25) is 0 Å². The summed E-state index contributed by atoms with van der Waals surface area (Å²) in [5.74, 6) is 0.604. The number of carboxylic acids is 1. The molecule has 0 radical (unpaired) electrons. The van der Waals surface area contributed by atoms with Crippen LogP contribution in [0.5, 0.6) is 0 Å². The van der Waals surface area contributed by atoms with Crippen molar-refractivity contribution in [3.63, 3.8) is 0 Å². The zero-order valence-electron chi connectivity index (χ0n) is 8.33. The molecule has 0 aliphatic heterocycles. The molecule has 2 saturated carbocycles. The van der Waals surface area contributed by atoms with Gasteiger partial charge < -0.3 is 5.11 Å². The van der Waals surface area contributed by atoms with E-state index >= 15 is 0 Å². The minimum atomic E-state index is -0.743. The van der Waals surface area contributed by atoms with Crippen LogP contribution in [0.1, 0.15) is 32.1 Å². The maximum Gasteiger partial charge on any atom is 0.331 e. The van der Waals surface area contributed by atoms with Gasteiger partial charge >= 0.3 is 5.97 Å². The zero-order chi connectivity index (χ0) is 10.1. The van der Waals surface area contributed by atoms with Crippen molar-refractivity contribution in [2.75, 3.05) is 0 Å².